The standard InChI is InChI=1S/C26H30ClN3O5/c1-32-12-9-30(26(31)21-5-4-6-23(33-2)24(21)34-3)17-19-15-18-7-8-20(27)16-22(18)28-25(19)29-10-13-35-14-11-29/h4-8,15-16H,9-14,17H2,1-3H3. The molecule has 0 atom stereocenters. The molecule has 0 radical (unpaired) electrons. The first-order valence-electron chi connectivity index (χ1n) is 11.5. The lowest BCUT2D eigenvalue weighted by Crippen LogP contribution is -2.39. The van der Waals surface area contributed by atoms with Crippen molar-refractivity contribution in [1.82, 2.24) is 9.88 Å². The van der Waals surface area contributed by atoms with Crippen molar-refractivity contribution in [1.29, 1.82) is 0 Å². The Hall–Kier alpha value is -3.07. The van der Waals surface area contributed by atoms with Crippen LogP contribution in [0.15, 0.2) is 42.5 Å². The van der Waals surface area contributed by atoms with Crippen molar-refractivity contribution in [3.05, 3.63) is 58.6 Å². The summed E-state index contributed by atoms with van der Waals surface area (Å²) in [5.74, 6) is 1.56. The summed E-state index contributed by atoms with van der Waals surface area (Å²) in [6, 6.07) is 13.0. The number of carbonyl (C=O) groups excluding carboxylic acids is 1. The van der Waals surface area contributed by atoms with Gasteiger partial charge in [0.15, 0.2) is 11.5 Å². The molecule has 0 bridgehead atoms. The molecule has 1 fully saturated rings. The molecule has 1 aliphatic rings. The van der Waals surface area contributed by atoms with E-state index in [1.54, 1.807) is 37.3 Å². The van der Waals surface area contributed by atoms with E-state index in [2.05, 4.69) is 11.0 Å². The zero-order valence-corrected chi connectivity index (χ0v) is 21.0. The van der Waals surface area contributed by atoms with Crippen LogP contribution in [0.25, 0.3) is 10.9 Å². The molecule has 3 aromatic rings. The summed E-state index contributed by atoms with van der Waals surface area (Å²) in [6.45, 7) is 3.84. The number of ether oxygens (including phenoxy) is 4. The monoisotopic (exact) mass is 499 g/mol. The molecule has 0 N–H and O–H groups in total. The number of amides is 1. The van der Waals surface area contributed by atoms with E-state index in [0.29, 0.717) is 55.0 Å². The summed E-state index contributed by atoms with van der Waals surface area (Å²) in [5, 5.41) is 1.59. The molecule has 35 heavy (non-hydrogen) atoms. The van der Waals surface area contributed by atoms with Gasteiger partial charge in [0, 0.05) is 49.3 Å². The highest BCUT2D eigenvalue weighted by molar-refractivity contribution is 6.31. The molecule has 186 valence electrons. The summed E-state index contributed by atoms with van der Waals surface area (Å²) in [4.78, 5) is 22.7. The van der Waals surface area contributed by atoms with Crippen LogP contribution in [0.5, 0.6) is 11.5 Å². The van der Waals surface area contributed by atoms with Crippen molar-refractivity contribution >= 4 is 34.2 Å². The van der Waals surface area contributed by atoms with Gasteiger partial charge in [0.1, 0.15) is 5.82 Å². The molecule has 2 aromatic carbocycles. The first-order chi connectivity index (χ1) is 17.0. The maximum atomic E-state index is 13.8. The third-order valence-corrected chi connectivity index (χ3v) is 6.23. The number of nitrogens with zero attached hydrogens (tertiary/aromatic N) is 3. The molecule has 4 rings (SSSR count). The molecular weight excluding hydrogens is 470 g/mol. The predicted octanol–water partition coefficient (Wildman–Crippen LogP) is 4.03. The van der Waals surface area contributed by atoms with Crippen molar-refractivity contribution in [3.8, 4) is 11.5 Å². The number of morpholine rings is 1. The van der Waals surface area contributed by atoms with E-state index in [0.717, 1.165) is 35.4 Å². The highest BCUT2D eigenvalue weighted by Crippen LogP contribution is 2.33. The smallest absolute Gasteiger partial charge is 0.258 e. The number of para-hydroxylation sites is 1. The number of benzene rings is 2. The van der Waals surface area contributed by atoms with E-state index < -0.39 is 0 Å². The van der Waals surface area contributed by atoms with Gasteiger partial charge >= 0.3 is 0 Å². The van der Waals surface area contributed by atoms with Crippen LogP contribution in [-0.4, -0.2) is 76.6 Å². The Labute approximate surface area is 210 Å². The number of hydrogen-bond acceptors (Lipinski definition) is 7. The number of anilines is 1. The van der Waals surface area contributed by atoms with Crippen molar-refractivity contribution in [3.63, 3.8) is 0 Å². The fraction of sp³-hybridized carbons (Fsp3) is 0.385. The van der Waals surface area contributed by atoms with Crippen molar-refractivity contribution < 1.29 is 23.7 Å². The second-order valence-corrected chi connectivity index (χ2v) is 8.60. The van der Waals surface area contributed by atoms with Gasteiger partial charge < -0.3 is 28.7 Å². The van der Waals surface area contributed by atoms with Crippen LogP contribution < -0.4 is 14.4 Å². The third kappa shape index (κ3) is 5.61. The van der Waals surface area contributed by atoms with E-state index in [1.165, 1.54) is 7.11 Å². The van der Waals surface area contributed by atoms with E-state index in [9.17, 15) is 4.79 Å². The Bertz CT molecular complexity index is 1180. The van der Waals surface area contributed by atoms with E-state index in [-0.39, 0.29) is 5.91 Å². The Balaban J connectivity index is 1.75. The van der Waals surface area contributed by atoms with Gasteiger partial charge in [0.25, 0.3) is 5.91 Å². The fourth-order valence-corrected chi connectivity index (χ4v) is 4.39. The number of aromatic nitrogens is 1. The van der Waals surface area contributed by atoms with Gasteiger partial charge in [-0.1, -0.05) is 23.7 Å². The SMILES string of the molecule is COCCN(Cc1cc2ccc(Cl)cc2nc1N1CCOCC1)C(=O)c1cccc(OC)c1OC. The number of methoxy groups -OCH3 is 3. The molecule has 1 aliphatic heterocycles. The fourth-order valence-electron chi connectivity index (χ4n) is 4.22. The molecule has 9 heteroatoms. The molecule has 0 spiro atoms. The second-order valence-electron chi connectivity index (χ2n) is 8.17. The van der Waals surface area contributed by atoms with Crippen LogP contribution in [-0.2, 0) is 16.0 Å². The number of halogens is 1. The number of fused-ring (bicyclic) bond motifs is 1. The molecule has 1 aromatic heterocycles. The molecular formula is C26H30ClN3O5. The van der Waals surface area contributed by atoms with Crippen molar-refractivity contribution in [2.24, 2.45) is 0 Å². The van der Waals surface area contributed by atoms with Gasteiger partial charge in [-0.15, -0.1) is 0 Å². The third-order valence-electron chi connectivity index (χ3n) is 5.99. The predicted molar refractivity (Wildman–Crippen MR) is 136 cm³/mol. The zero-order chi connectivity index (χ0) is 24.8. The Morgan fingerprint density at radius 3 is 2.63 bits per heavy atom. The quantitative estimate of drug-likeness (QED) is 0.440. The number of carbonyl (C=O) groups is 1. The van der Waals surface area contributed by atoms with Crippen molar-refractivity contribution in [2.75, 3.05) is 65.7 Å². The lowest BCUT2D eigenvalue weighted by atomic mass is 10.1. The zero-order valence-electron chi connectivity index (χ0n) is 20.3. The van der Waals surface area contributed by atoms with Crippen LogP contribution >= 0.6 is 11.6 Å². The van der Waals surface area contributed by atoms with Gasteiger partial charge in [0.05, 0.1) is 45.1 Å². The lowest BCUT2D eigenvalue weighted by molar-refractivity contribution is 0.0676. The van der Waals surface area contributed by atoms with Crippen LogP contribution in [0.3, 0.4) is 0 Å². The minimum Gasteiger partial charge on any atom is -0.493 e. The Morgan fingerprint density at radius 2 is 1.91 bits per heavy atom. The van der Waals surface area contributed by atoms with Gasteiger partial charge in [-0.25, -0.2) is 4.98 Å². The van der Waals surface area contributed by atoms with E-state index in [1.807, 2.05) is 18.2 Å². The summed E-state index contributed by atoms with van der Waals surface area (Å²) in [5.41, 5.74) is 2.18. The largest absolute Gasteiger partial charge is 0.493 e. The number of rotatable bonds is 9. The summed E-state index contributed by atoms with van der Waals surface area (Å²) in [7, 11) is 4.70. The van der Waals surface area contributed by atoms with Gasteiger partial charge in [-0.05, 0) is 30.3 Å². The Kier molecular flexibility index (Phi) is 8.28. The number of pyridine rings is 1. The topological polar surface area (TPSA) is 73.4 Å². The van der Waals surface area contributed by atoms with Crippen LogP contribution in [0.1, 0.15) is 15.9 Å². The molecule has 1 saturated heterocycles. The minimum absolute atomic E-state index is 0.179. The molecule has 0 aliphatic carbocycles. The maximum Gasteiger partial charge on any atom is 0.258 e. The number of hydrogen-bond donors (Lipinski definition) is 0. The van der Waals surface area contributed by atoms with E-state index >= 15 is 0 Å². The van der Waals surface area contributed by atoms with Gasteiger partial charge in [-0.2, -0.15) is 0 Å². The van der Waals surface area contributed by atoms with Crippen molar-refractivity contribution in [2.45, 2.75) is 6.54 Å². The first kappa shape index (κ1) is 25.0. The van der Waals surface area contributed by atoms with E-state index in [4.69, 9.17) is 35.5 Å². The highest BCUT2D eigenvalue weighted by atomic mass is 35.5. The molecule has 0 unspecified atom stereocenters. The first-order valence-corrected chi connectivity index (χ1v) is 11.8. The second kappa shape index (κ2) is 11.6. The normalized spacial score (nSPS) is 13.7. The van der Waals surface area contributed by atoms with Crippen LogP contribution in [0.4, 0.5) is 5.82 Å². The molecule has 1 amide bonds. The van der Waals surface area contributed by atoms with Gasteiger partial charge in [-0.3, -0.25) is 4.79 Å². The summed E-state index contributed by atoms with van der Waals surface area (Å²) < 4.78 is 21.8. The maximum absolute atomic E-state index is 13.8. The van der Waals surface area contributed by atoms with Gasteiger partial charge in [0.2, 0.25) is 0 Å². The Morgan fingerprint density at radius 1 is 1.11 bits per heavy atom. The molecule has 0 saturated carbocycles. The minimum atomic E-state index is -0.179. The van der Waals surface area contributed by atoms with Crippen LogP contribution in [0, 0.1) is 0 Å². The summed E-state index contributed by atoms with van der Waals surface area (Å²) >= 11 is 6.24. The average molecular weight is 500 g/mol. The highest BCUT2D eigenvalue weighted by Gasteiger charge is 2.25. The molecule has 2 heterocycles. The van der Waals surface area contributed by atoms with Crippen LogP contribution in [0.2, 0.25) is 5.02 Å². The summed E-state index contributed by atoms with van der Waals surface area (Å²) in [6.07, 6.45) is 0. The molecule has 8 nitrogen and oxygen atoms in total. The average Bonchev–Trinajstić information content (AvgIpc) is 2.90. The lowest BCUT2D eigenvalue weighted by Gasteiger charge is -2.31.